The van der Waals surface area contributed by atoms with Crippen LogP contribution in [0.15, 0.2) is 9.39 Å². The van der Waals surface area contributed by atoms with Crippen molar-refractivity contribution in [2.75, 3.05) is 13.7 Å². The molecule has 62 valence electrons. The maximum absolute atomic E-state index is 5.69. The van der Waals surface area contributed by atoms with Gasteiger partial charge in [0.05, 0.1) is 18.7 Å². The number of ether oxygens (including phenoxy) is 1. The van der Waals surface area contributed by atoms with Crippen LogP contribution in [0.2, 0.25) is 0 Å². The van der Waals surface area contributed by atoms with E-state index in [1.54, 1.807) is 11.4 Å². The number of amidine groups is 2. The van der Waals surface area contributed by atoms with Crippen molar-refractivity contribution in [2.24, 2.45) is 9.39 Å². The summed E-state index contributed by atoms with van der Waals surface area (Å²) in [5.74, 6) is 0. The first-order valence-electron chi connectivity index (χ1n) is 3.10. The van der Waals surface area contributed by atoms with E-state index in [4.69, 9.17) is 16.3 Å². The molecule has 0 aromatic heterocycles. The summed E-state index contributed by atoms with van der Waals surface area (Å²) in [5, 5.41) is 0.383. The average molecular weight is 194 g/mol. The molecule has 0 aliphatic carbocycles. The Kier molecular flexibility index (Phi) is 3.02. The maximum atomic E-state index is 5.69. The summed E-state index contributed by atoms with van der Waals surface area (Å²) in [7, 11) is 1.78. The van der Waals surface area contributed by atoms with Gasteiger partial charge in [-0.2, -0.15) is 4.99 Å². The van der Waals surface area contributed by atoms with E-state index < -0.39 is 0 Å². The van der Waals surface area contributed by atoms with Crippen LogP contribution in [0.3, 0.4) is 0 Å². The fourth-order valence-corrected chi connectivity index (χ4v) is 1.05. The molecule has 1 rings (SSSR count). The highest BCUT2D eigenvalue weighted by molar-refractivity contribution is 7.96. The number of nitrogens with zero attached hydrogens (tertiary/aromatic N) is 3. The van der Waals surface area contributed by atoms with Gasteiger partial charge in [0.25, 0.3) is 0 Å². The number of halogens is 1. The highest BCUT2D eigenvalue weighted by atomic mass is 35.5. The number of aliphatic imine (C=N–C) groups is 1. The fraction of sp³-hybridized carbons (Fsp3) is 0.600. The lowest BCUT2D eigenvalue weighted by molar-refractivity contribution is 0.323. The van der Waals surface area contributed by atoms with Crippen molar-refractivity contribution < 1.29 is 4.74 Å². The molecule has 0 unspecified atom stereocenters. The molecule has 0 radical (unpaired) electrons. The molecule has 0 atom stereocenters. The normalized spacial score (nSPS) is 17.5. The largest absolute Gasteiger partial charge is 0.463 e. The molecule has 6 heteroatoms. The zero-order chi connectivity index (χ0) is 8.27. The van der Waals surface area contributed by atoms with Crippen LogP contribution in [0.4, 0.5) is 0 Å². The molecule has 11 heavy (non-hydrogen) atoms. The first-order valence-corrected chi connectivity index (χ1v) is 4.20. The van der Waals surface area contributed by atoms with E-state index in [0.717, 1.165) is 0 Å². The van der Waals surface area contributed by atoms with Crippen molar-refractivity contribution in [1.82, 2.24) is 4.31 Å². The quantitative estimate of drug-likeness (QED) is 0.468. The third-order valence-corrected chi connectivity index (χ3v) is 2.06. The molecule has 0 fully saturated rings. The first kappa shape index (κ1) is 8.67. The lowest BCUT2D eigenvalue weighted by Crippen LogP contribution is -2.19. The summed E-state index contributed by atoms with van der Waals surface area (Å²) < 4.78 is 10.6. The Labute approximate surface area is 74.6 Å². The molecule has 0 spiro atoms. The Morgan fingerprint density at radius 2 is 2.45 bits per heavy atom. The maximum Gasteiger partial charge on any atom is 0.327 e. The Hall–Kier alpha value is -0.420. The van der Waals surface area contributed by atoms with Crippen molar-refractivity contribution in [3.8, 4) is 0 Å². The summed E-state index contributed by atoms with van der Waals surface area (Å²) in [6, 6.07) is 0.334. The van der Waals surface area contributed by atoms with Crippen molar-refractivity contribution in [1.29, 1.82) is 0 Å². The van der Waals surface area contributed by atoms with Crippen LogP contribution in [-0.4, -0.2) is 29.3 Å². The molecule has 0 aromatic rings. The van der Waals surface area contributed by atoms with Gasteiger partial charge in [-0.15, -0.1) is 4.40 Å². The highest BCUT2D eigenvalue weighted by Crippen LogP contribution is 2.17. The predicted octanol–water partition coefficient (Wildman–Crippen LogP) is 1.48. The average Bonchev–Trinajstić information content (AvgIpc) is 1.98. The van der Waals surface area contributed by atoms with Gasteiger partial charge in [0, 0.05) is 7.05 Å². The van der Waals surface area contributed by atoms with Crippen molar-refractivity contribution in [2.45, 2.75) is 6.92 Å². The predicted molar refractivity (Wildman–Crippen MR) is 47.7 cm³/mol. The second-order valence-electron chi connectivity index (χ2n) is 1.77. The van der Waals surface area contributed by atoms with E-state index in [-0.39, 0.29) is 0 Å². The molecule has 1 heterocycles. The SMILES string of the molecule is CCOC1=NSN(C)C(Cl)=N1. The lowest BCUT2D eigenvalue weighted by atomic mass is 10.9. The van der Waals surface area contributed by atoms with Crippen molar-refractivity contribution in [3.05, 3.63) is 0 Å². The molecule has 0 saturated carbocycles. The Morgan fingerprint density at radius 3 is 3.00 bits per heavy atom. The summed E-state index contributed by atoms with van der Waals surface area (Å²) in [5.41, 5.74) is 0. The number of hydrogen-bond donors (Lipinski definition) is 0. The molecular formula is C5H8ClN3OS. The van der Waals surface area contributed by atoms with Crippen LogP contribution in [0, 0.1) is 0 Å². The topological polar surface area (TPSA) is 37.2 Å². The van der Waals surface area contributed by atoms with Crippen LogP contribution in [0.1, 0.15) is 6.92 Å². The van der Waals surface area contributed by atoms with Crippen LogP contribution < -0.4 is 0 Å². The molecule has 0 saturated heterocycles. The minimum Gasteiger partial charge on any atom is -0.463 e. The minimum atomic E-state index is 0.334. The molecular weight excluding hydrogens is 186 g/mol. The van der Waals surface area contributed by atoms with Crippen molar-refractivity contribution in [3.63, 3.8) is 0 Å². The Morgan fingerprint density at radius 1 is 1.73 bits per heavy atom. The smallest absolute Gasteiger partial charge is 0.327 e. The van der Waals surface area contributed by atoms with Gasteiger partial charge in [0.2, 0.25) is 5.29 Å². The minimum absolute atomic E-state index is 0.334. The van der Waals surface area contributed by atoms with E-state index in [0.29, 0.717) is 17.9 Å². The van der Waals surface area contributed by atoms with Crippen LogP contribution in [0.25, 0.3) is 0 Å². The summed E-state index contributed by atoms with van der Waals surface area (Å²) >= 11 is 6.90. The second kappa shape index (κ2) is 3.82. The van der Waals surface area contributed by atoms with Gasteiger partial charge < -0.3 is 4.74 Å². The first-order chi connectivity index (χ1) is 5.24. The molecule has 0 amide bonds. The third-order valence-electron chi connectivity index (χ3n) is 0.963. The van der Waals surface area contributed by atoms with Gasteiger partial charge in [-0.05, 0) is 18.5 Å². The van der Waals surface area contributed by atoms with Gasteiger partial charge >= 0.3 is 6.02 Å². The van der Waals surface area contributed by atoms with E-state index >= 15 is 0 Å². The molecule has 1 aliphatic rings. The van der Waals surface area contributed by atoms with Gasteiger partial charge in [-0.1, -0.05) is 0 Å². The van der Waals surface area contributed by atoms with Gasteiger partial charge in [-0.3, -0.25) is 4.31 Å². The van der Waals surface area contributed by atoms with Gasteiger partial charge in [0.15, 0.2) is 0 Å². The number of hydrogen-bond acceptors (Lipinski definition) is 5. The second-order valence-corrected chi connectivity index (χ2v) is 3.00. The van der Waals surface area contributed by atoms with Crippen LogP contribution in [-0.2, 0) is 4.74 Å². The summed E-state index contributed by atoms with van der Waals surface area (Å²) in [4.78, 5) is 3.87. The van der Waals surface area contributed by atoms with E-state index in [2.05, 4.69) is 9.39 Å². The fourth-order valence-electron chi connectivity index (χ4n) is 0.487. The molecule has 4 nitrogen and oxygen atoms in total. The van der Waals surface area contributed by atoms with Gasteiger partial charge in [-0.25, -0.2) is 0 Å². The van der Waals surface area contributed by atoms with E-state index in [9.17, 15) is 0 Å². The van der Waals surface area contributed by atoms with Crippen LogP contribution in [0.5, 0.6) is 0 Å². The van der Waals surface area contributed by atoms with E-state index in [1.165, 1.54) is 12.1 Å². The Balaban J connectivity index is 2.59. The molecule has 0 bridgehead atoms. The molecule has 0 aromatic carbocycles. The zero-order valence-corrected chi connectivity index (χ0v) is 7.82. The van der Waals surface area contributed by atoms with Gasteiger partial charge in [0.1, 0.15) is 0 Å². The van der Waals surface area contributed by atoms with Crippen LogP contribution >= 0.6 is 23.7 Å². The van der Waals surface area contributed by atoms with E-state index in [1.807, 2.05) is 6.92 Å². The Bertz CT molecular complexity index is 206. The monoisotopic (exact) mass is 193 g/mol. The molecule has 1 aliphatic heterocycles. The number of rotatable bonds is 1. The summed E-state index contributed by atoms with van der Waals surface area (Å²) in [6.45, 7) is 2.42. The third kappa shape index (κ3) is 2.27. The summed E-state index contributed by atoms with van der Waals surface area (Å²) in [6.07, 6.45) is 0. The molecule has 0 N–H and O–H groups in total. The lowest BCUT2D eigenvalue weighted by Gasteiger charge is -2.15. The highest BCUT2D eigenvalue weighted by Gasteiger charge is 2.12. The standard InChI is InChI=1S/C5H8ClN3OS/c1-3-10-5-7-4(6)9(2)11-8-5/h3H2,1-2H3. The van der Waals surface area contributed by atoms with Crippen molar-refractivity contribution >= 4 is 35.1 Å². The zero-order valence-electron chi connectivity index (χ0n) is 6.24.